The topological polar surface area (TPSA) is 49.4 Å². The maximum Gasteiger partial charge on any atom is 0.252 e. The summed E-state index contributed by atoms with van der Waals surface area (Å²) in [6, 6.07) is 3.90. The molecule has 1 N–H and O–H groups in total. The van der Waals surface area contributed by atoms with E-state index in [1.165, 1.54) is 12.1 Å². The first-order valence-corrected chi connectivity index (χ1v) is 7.29. The second-order valence-corrected chi connectivity index (χ2v) is 5.05. The molecule has 0 saturated carbocycles. The monoisotopic (exact) mass is 344 g/mol. The van der Waals surface area contributed by atoms with Crippen molar-refractivity contribution in [3.63, 3.8) is 0 Å². The summed E-state index contributed by atoms with van der Waals surface area (Å²) in [5.74, 6) is -0.880. The maximum absolute atomic E-state index is 13.1. The Hall–Kier alpha value is -1.43. The van der Waals surface area contributed by atoms with Crippen molar-refractivity contribution < 1.29 is 14.0 Å². The van der Waals surface area contributed by atoms with Crippen molar-refractivity contribution in [1.29, 1.82) is 0 Å². The second-order valence-electron chi connectivity index (χ2n) is 4.20. The van der Waals surface area contributed by atoms with E-state index in [0.29, 0.717) is 17.6 Å². The molecule has 0 aliphatic heterocycles. The Kier molecular flexibility index (Phi) is 6.64. The predicted octanol–water partition coefficient (Wildman–Crippen LogP) is 2.58. The third-order valence-corrected chi connectivity index (χ3v) is 3.61. The standard InChI is InChI=1S/C14H18BrFN2O2/c1-3-18(4-2)13(19)7-8-17-14(20)11-9-10(16)5-6-12(11)15/h5-6,9H,3-4,7-8H2,1-2H3,(H,17,20). The van der Waals surface area contributed by atoms with Gasteiger partial charge in [0.2, 0.25) is 5.91 Å². The van der Waals surface area contributed by atoms with Gasteiger partial charge in [0.25, 0.3) is 5.91 Å². The molecule has 0 aliphatic rings. The molecule has 110 valence electrons. The zero-order valence-electron chi connectivity index (χ0n) is 11.6. The molecule has 0 unspecified atom stereocenters. The number of carbonyl (C=O) groups excluding carboxylic acids is 2. The summed E-state index contributed by atoms with van der Waals surface area (Å²) in [6.07, 6.45) is 0.236. The van der Waals surface area contributed by atoms with Crippen molar-refractivity contribution in [1.82, 2.24) is 10.2 Å². The van der Waals surface area contributed by atoms with Gasteiger partial charge in [-0.05, 0) is 48.0 Å². The highest BCUT2D eigenvalue weighted by Gasteiger charge is 2.13. The maximum atomic E-state index is 13.1. The first kappa shape index (κ1) is 16.6. The molecule has 1 rings (SSSR count). The molecule has 0 atom stereocenters. The fourth-order valence-corrected chi connectivity index (χ4v) is 2.21. The third kappa shape index (κ3) is 4.59. The molecule has 0 fully saturated rings. The normalized spacial score (nSPS) is 10.2. The van der Waals surface area contributed by atoms with E-state index in [0.717, 1.165) is 6.07 Å². The summed E-state index contributed by atoms with van der Waals surface area (Å²) in [4.78, 5) is 25.3. The van der Waals surface area contributed by atoms with Crippen LogP contribution in [0.4, 0.5) is 4.39 Å². The zero-order chi connectivity index (χ0) is 15.1. The van der Waals surface area contributed by atoms with Crippen LogP contribution in [0.25, 0.3) is 0 Å². The molecular weight excluding hydrogens is 327 g/mol. The van der Waals surface area contributed by atoms with E-state index in [-0.39, 0.29) is 24.4 Å². The number of hydrogen-bond acceptors (Lipinski definition) is 2. The van der Waals surface area contributed by atoms with Gasteiger partial charge in [-0.1, -0.05) is 0 Å². The van der Waals surface area contributed by atoms with Gasteiger partial charge in [-0.3, -0.25) is 9.59 Å². The lowest BCUT2D eigenvalue weighted by Crippen LogP contribution is -2.34. The summed E-state index contributed by atoms with van der Waals surface area (Å²) in [7, 11) is 0. The Labute approximate surface area is 126 Å². The van der Waals surface area contributed by atoms with E-state index in [9.17, 15) is 14.0 Å². The lowest BCUT2D eigenvalue weighted by molar-refractivity contribution is -0.130. The fraction of sp³-hybridized carbons (Fsp3) is 0.429. The van der Waals surface area contributed by atoms with Crippen molar-refractivity contribution in [2.45, 2.75) is 20.3 Å². The van der Waals surface area contributed by atoms with E-state index in [1.54, 1.807) is 4.90 Å². The largest absolute Gasteiger partial charge is 0.351 e. The molecule has 0 bridgehead atoms. The van der Waals surface area contributed by atoms with Gasteiger partial charge >= 0.3 is 0 Å². The molecular formula is C14H18BrFN2O2. The number of benzene rings is 1. The van der Waals surface area contributed by atoms with Crippen molar-refractivity contribution >= 4 is 27.7 Å². The van der Waals surface area contributed by atoms with Gasteiger partial charge in [0.05, 0.1) is 5.56 Å². The Morgan fingerprint density at radius 1 is 1.30 bits per heavy atom. The number of hydrogen-bond donors (Lipinski definition) is 1. The molecule has 20 heavy (non-hydrogen) atoms. The van der Waals surface area contributed by atoms with Crippen LogP contribution in [0.1, 0.15) is 30.6 Å². The number of carbonyl (C=O) groups is 2. The van der Waals surface area contributed by atoms with E-state index >= 15 is 0 Å². The average molecular weight is 345 g/mol. The minimum Gasteiger partial charge on any atom is -0.351 e. The molecule has 6 heteroatoms. The Morgan fingerprint density at radius 2 is 1.95 bits per heavy atom. The first-order chi connectivity index (χ1) is 9.49. The van der Waals surface area contributed by atoms with Crippen LogP contribution < -0.4 is 5.32 Å². The summed E-state index contributed by atoms with van der Waals surface area (Å²) in [6.45, 7) is 5.35. The van der Waals surface area contributed by atoms with E-state index < -0.39 is 11.7 Å². The van der Waals surface area contributed by atoms with Crippen LogP contribution >= 0.6 is 15.9 Å². The van der Waals surface area contributed by atoms with Crippen molar-refractivity contribution in [2.24, 2.45) is 0 Å². The summed E-state index contributed by atoms with van der Waals surface area (Å²) >= 11 is 3.19. The summed E-state index contributed by atoms with van der Waals surface area (Å²) in [5.41, 5.74) is 0.222. The van der Waals surface area contributed by atoms with Crippen LogP contribution in [-0.4, -0.2) is 36.3 Å². The number of nitrogens with one attached hydrogen (secondary N) is 1. The average Bonchev–Trinajstić information content (AvgIpc) is 2.42. The van der Waals surface area contributed by atoms with E-state index in [1.807, 2.05) is 13.8 Å². The van der Waals surface area contributed by atoms with Crippen molar-refractivity contribution in [3.05, 3.63) is 34.1 Å². The van der Waals surface area contributed by atoms with E-state index in [4.69, 9.17) is 0 Å². The van der Waals surface area contributed by atoms with Gasteiger partial charge in [0, 0.05) is 30.5 Å². The molecule has 0 radical (unpaired) electrons. The lowest BCUT2D eigenvalue weighted by atomic mass is 10.2. The minimum atomic E-state index is -0.474. The second kappa shape index (κ2) is 7.99. The Balaban J connectivity index is 2.52. The lowest BCUT2D eigenvalue weighted by Gasteiger charge is -2.18. The molecule has 0 aromatic heterocycles. The van der Waals surface area contributed by atoms with Crippen LogP contribution in [0.3, 0.4) is 0 Å². The van der Waals surface area contributed by atoms with Crippen LogP contribution in [-0.2, 0) is 4.79 Å². The van der Waals surface area contributed by atoms with Crippen LogP contribution in [0.5, 0.6) is 0 Å². The van der Waals surface area contributed by atoms with Crippen LogP contribution in [0, 0.1) is 5.82 Å². The Morgan fingerprint density at radius 3 is 2.55 bits per heavy atom. The van der Waals surface area contributed by atoms with Crippen LogP contribution in [0.2, 0.25) is 0 Å². The molecule has 4 nitrogen and oxygen atoms in total. The molecule has 1 aromatic rings. The smallest absolute Gasteiger partial charge is 0.252 e. The molecule has 0 aliphatic carbocycles. The minimum absolute atomic E-state index is 0.00592. The van der Waals surface area contributed by atoms with Gasteiger partial charge in [0.1, 0.15) is 5.82 Å². The van der Waals surface area contributed by atoms with Crippen molar-refractivity contribution in [3.8, 4) is 0 Å². The van der Waals surface area contributed by atoms with Gasteiger partial charge in [0.15, 0.2) is 0 Å². The van der Waals surface area contributed by atoms with E-state index in [2.05, 4.69) is 21.2 Å². The zero-order valence-corrected chi connectivity index (χ0v) is 13.2. The summed E-state index contributed by atoms with van der Waals surface area (Å²) < 4.78 is 13.6. The third-order valence-electron chi connectivity index (χ3n) is 2.91. The highest BCUT2D eigenvalue weighted by molar-refractivity contribution is 9.10. The molecule has 0 spiro atoms. The van der Waals surface area contributed by atoms with Gasteiger partial charge in [-0.15, -0.1) is 0 Å². The SMILES string of the molecule is CCN(CC)C(=O)CCNC(=O)c1cc(F)ccc1Br. The van der Waals surface area contributed by atoms with Gasteiger partial charge < -0.3 is 10.2 Å². The molecule has 2 amide bonds. The number of nitrogens with zero attached hydrogens (tertiary/aromatic N) is 1. The highest BCUT2D eigenvalue weighted by Crippen LogP contribution is 2.17. The Bertz CT molecular complexity index is 490. The predicted molar refractivity (Wildman–Crippen MR) is 79.0 cm³/mol. The first-order valence-electron chi connectivity index (χ1n) is 6.50. The van der Waals surface area contributed by atoms with Crippen LogP contribution in [0.15, 0.2) is 22.7 Å². The highest BCUT2D eigenvalue weighted by atomic mass is 79.9. The van der Waals surface area contributed by atoms with Crippen molar-refractivity contribution in [2.75, 3.05) is 19.6 Å². The fourth-order valence-electron chi connectivity index (χ4n) is 1.78. The van der Waals surface area contributed by atoms with Gasteiger partial charge in [-0.2, -0.15) is 0 Å². The summed E-state index contributed by atoms with van der Waals surface area (Å²) in [5, 5.41) is 2.62. The molecule has 0 saturated heterocycles. The number of halogens is 2. The molecule has 0 heterocycles. The van der Waals surface area contributed by atoms with Gasteiger partial charge in [-0.25, -0.2) is 4.39 Å². The quantitative estimate of drug-likeness (QED) is 0.862. The molecule has 1 aromatic carbocycles. The number of rotatable bonds is 6. The number of amides is 2.